The van der Waals surface area contributed by atoms with E-state index in [0.29, 0.717) is 18.5 Å². The van der Waals surface area contributed by atoms with Crippen LogP contribution in [0.2, 0.25) is 0 Å². The van der Waals surface area contributed by atoms with E-state index < -0.39 is 39.3 Å². The summed E-state index contributed by atoms with van der Waals surface area (Å²) in [5.41, 5.74) is 0.298. The summed E-state index contributed by atoms with van der Waals surface area (Å²) in [4.78, 5) is 36.0. The molecule has 2 rings (SSSR count). The van der Waals surface area contributed by atoms with Crippen molar-refractivity contribution in [1.82, 2.24) is 4.90 Å². The Morgan fingerprint density at radius 2 is 2.08 bits per heavy atom. The first-order valence-corrected chi connectivity index (χ1v) is 9.89. The Morgan fingerprint density at radius 3 is 2.58 bits per heavy atom. The van der Waals surface area contributed by atoms with E-state index in [1.165, 1.54) is 30.0 Å². The third kappa shape index (κ3) is 4.57. The molecule has 1 aliphatic heterocycles. The quantitative estimate of drug-likeness (QED) is 0.408. The number of carbonyl (C=O) groups is 2. The van der Waals surface area contributed by atoms with Crippen LogP contribution in [0.1, 0.15) is 29.3 Å². The summed E-state index contributed by atoms with van der Waals surface area (Å²) in [5, 5.41) is 10.8. The number of nitro groups is 1. The van der Waals surface area contributed by atoms with Gasteiger partial charge in [0.05, 0.1) is 22.0 Å². The fourth-order valence-corrected chi connectivity index (χ4v) is 4.67. The maximum atomic E-state index is 12.3. The maximum absolute atomic E-state index is 12.3. The molecule has 0 aromatic heterocycles. The maximum Gasteiger partial charge on any atom is 0.338 e. The van der Waals surface area contributed by atoms with Gasteiger partial charge in [-0.3, -0.25) is 14.9 Å². The van der Waals surface area contributed by atoms with Gasteiger partial charge in [-0.05, 0) is 32.4 Å². The van der Waals surface area contributed by atoms with Crippen molar-refractivity contribution in [3.8, 4) is 0 Å². The lowest BCUT2D eigenvalue weighted by atomic mass is 10.1. The van der Waals surface area contributed by atoms with Crippen LogP contribution in [-0.2, 0) is 19.4 Å². The molecule has 1 saturated heterocycles. The zero-order valence-electron chi connectivity index (χ0n) is 14.5. The molecule has 0 saturated carbocycles. The Hall–Kier alpha value is -2.49. The van der Waals surface area contributed by atoms with E-state index >= 15 is 0 Å². The highest BCUT2D eigenvalue weighted by Crippen LogP contribution is 2.20. The van der Waals surface area contributed by atoms with E-state index in [-0.39, 0.29) is 22.8 Å². The predicted molar refractivity (Wildman–Crippen MR) is 92.6 cm³/mol. The SMILES string of the molecule is CCN(C(=O)COC(=O)c1ccc([N+](=O)[O-])c(C)c1)C1CCS(=O)(=O)C1. The van der Waals surface area contributed by atoms with Crippen molar-refractivity contribution in [3.63, 3.8) is 0 Å². The first-order chi connectivity index (χ1) is 12.1. The van der Waals surface area contributed by atoms with Crippen LogP contribution in [0.5, 0.6) is 0 Å². The lowest BCUT2D eigenvalue weighted by molar-refractivity contribution is -0.385. The second-order valence-electron chi connectivity index (χ2n) is 6.07. The Labute approximate surface area is 151 Å². The molecule has 1 fully saturated rings. The number of carbonyl (C=O) groups excluding carboxylic acids is 2. The number of rotatable bonds is 6. The summed E-state index contributed by atoms with van der Waals surface area (Å²) in [6.07, 6.45) is 0.372. The van der Waals surface area contributed by atoms with Gasteiger partial charge in [0.15, 0.2) is 16.4 Å². The third-order valence-corrected chi connectivity index (χ3v) is 6.02. The molecule has 1 aromatic rings. The summed E-state index contributed by atoms with van der Waals surface area (Å²) in [5.74, 6) is -1.28. The highest BCUT2D eigenvalue weighted by atomic mass is 32.2. The number of amides is 1. The second kappa shape index (κ2) is 7.81. The molecular formula is C16H20N2O7S. The van der Waals surface area contributed by atoms with E-state index in [1.54, 1.807) is 6.92 Å². The van der Waals surface area contributed by atoms with Crippen molar-refractivity contribution in [2.75, 3.05) is 24.7 Å². The fourth-order valence-electron chi connectivity index (χ4n) is 2.94. The number of likely N-dealkylation sites (N-methyl/N-ethyl adjacent to an activating group) is 1. The summed E-state index contributed by atoms with van der Waals surface area (Å²) < 4.78 is 28.1. The largest absolute Gasteiger partial charge is 0.452 e. The number of nitrogens with zero attached hydrogens (tertiary/aromatic N) is 2. The van der Waals surface area contributed by atoms with Crippen LogP contribution in [0.4, 0.5) is 5.69 Å². The van der Waals surface area contributed by atoms with Crippen molar-refractivity contribution >= 4 is 27.4 Å². The highest BCUT2D eigenvalue weighted by molar-refractivity contribution is 7.91. The van der Waals surface area contributed by atoms with Crippen LogP contribution in [0, 0.1) is 17.0 Å². The topological polar surface area (TPSA) is 124 Å². The number of benzene rings is 1. The van der Waals surface area contributed by atoms with Crippen molar-refractivity contribution in [2.24, 2.45) is 0 Å². The summed E-state index contributed by atoms with van der Waals surface area (Å²) >= 11 is 0. The molecule has 9 nitrogen and oxygen atoms in total. The average molecular weight is 384 g/mol. The fraction of sp³-hybridized carbons (Fsp3) is 0.500. The van der Waals surface area contributed by atoms with Gasteiger partial charge in [-0.25, -0.2) is 13.2 Å². The van der Waals surface area contributed by atoms with Gasteiger partial charge in [0, 0.05) is 24.2 Å². The number of sulfone groups is 1. The van der Waals surface area contributed by atoms with E-state index in [0.717, 1.165) is 0 Å². The van der Waals surface area contributed by atoms with Gasteiger partial charge >= 0.3 is 5.97 Å². The zero-order chi connectivity index (χ0) is 19.5. The van der Waals surface area contributed by atoms with Crippen molar-refractivity contribution in [1.29, 1.82) is 0 Å². The van der Waals surface area contributed by atoms with Crippen LogP contribution >= 0.6 is 0 Å². The minimum Gasteiger partial charge on any atom is -0.452 e. The number of ether oxygens (including phenoxy) is 1. The molecular weight excluding hydrogens is 364 g/mol. The monoisotopic (exact) mass is 384 g/mol. The highest BCUT2D eigenvalue weighted by Gasteiger charge is 2.34. The summed E-state index contributed by atoms with van der Waals surface area (Å²) in [6, 6.07) is 3.39. The van der Waals surface area contributed by atoms with Gasteiger partial charge in [0.1, 0.15) is 0 Å². The molecule has 142 valence electrons. The van der Waals surface area contributed by atoms with Gasteiger partial charge < -0.3 is 9.64 Å². The minimum atomic E-state index is -3.13. The number of esters is 1. The van der Waals surface area contributed by atoms with E-state index in [2.05, 4.69) is 0 Å². The molecule has 1 unspecified atom stereocenters. The first-order valence-electron chi connectivity index (χ1n) is 8.06. The van der Waals surface area contributed by atoms with Crippen LogP contribution in [0.15, 0.2) is 18.2 Å². The lowest BCUT2D eigenvalue weighted by Crippen LogP contribution is -2.43. The average Bonchev–Trinajstić information content (AvgIpc) is 2.92. The molecule has 0 aliphatic carbocycles. The van der Waals surface area contributed by atoms with E-state index in [1.807, 2.05) is 0 Å². The number of aryl methyl sites for hydroxylation is 1. The Morgan fingerprint density at radius 1 is 1.38 bits per heavy atom. The molecule has 10 heteroatoms. The predicted octanol–water partition coefficient (Wildman–Crippen LogP) is 1.10. The summed E-state index contributed by atoms with van der Waals surface area (Å²) in [7, 11) is -3.13. The zero-order valence-corrected chi connectivity index (χ0v) is 15.3. The van der Waals surface area contributed by atoms with E-state index in [4.69, 9.17) is 4.74 Å². The molecule has 0 N–H and O–H groups in total. The van der Waals surface area contributed by atoms with E-state index in [9.17, 15) is 28.1 Å². The number of hydrogen-bond donors (Lipinski definition) is 0. The number of nitro benzene ring substituents is 1. The Bertz CT molecular complexity index is 835. The molecule has 1 amide bonds. The molecule has 0 spiro atoms. The van der Waals surface area contributed by atoms with Gasteiger partial charge in [-0.15, -0.1) is 0 Å². The van der Waals surface area contributed by atoms with Gasteiger partial charge in [0.25, 0.3) is 11.6 Å². The van der Waals surface area contributed by atoms with Crippen LogP contribution in [0.25, 0.3) is 0 Å². The second-order valence-corrected chi connectivity index (χ2v) is 8.30. The number of hydrogen-bond acceptors (Lipinski definition) is 7. The minimum absolute atomic E-state index is 0.0449. The van der Waals surface area contributed by atoms with Crippen LogP contribution in [-0.4, -0.2) is 60.8 Å². The molecule has 26 heavy (non-hydrogen) atoms. The summed E-state index contributed by atoms with van der Waals surface area (Å²) in [6.45, 7) is 3.02. The molecule has 0 bridgehead atoms. The van der Waals surface area contributed by atoms with Gasteiger partial charge in [-0.1, -0.05) is 0 Å². The van der Waals surface area contributed by atoms with Crippen molar-refractivity contribution < 1.29 is 27.7 Å². The molecule has 1 atom stereocenters. The molecule has 1 heterocycles. The third-order valence-electron chi connectivity index (χ3n) is 4.27. The van der Waals surface area contributed by atoms with Gasteiger partial charge in [-0.2, -0.15) is 0 Å². The smallest absolute Gasteiger partial charge is 0.338 e. The Balaban J connectivity index is 1.98. The van der Waals surface area contributed by atoms with Gasteiger partial charge in [0.2, 0.25) is 0 Å². The van der Waals surface area contributed by atoms with Crippen molar-refractivity contribution in [2.45, 2.75) is 26.3 Å². The normalized spacial score (nSPS) is 18.3. The molecule has 0 radical (unpaired) electrons. The van der Waals surface area contributed by atoms with Crippen LogP contribution in [0.3, 0.4) is 0 Å². The Kier molecular flexibility index (Phi) is 5.96. The van der Waals surface area contributed by atoms with Crippen molar-refractivity contribution in [3.05, 3.63) is 39.4 Å². The lowest BCUT2D eigenvalue weighted by Gasteiger charge is -2.26. The molecule has 1 aromatic carbocycles. The molecule has 1 aliphatic rings. The van der Waals surface area contributed by atoms with Crippen LogP contribution < -0.4 is 0 Å². The first kappa shape index (κ1) is 19.8. The standard InChI is InChI=1S/C16H20N2O7S/c1-3-17(13-6-7-26(23,24)10-13)15(19)9-25-16(20)12-4-5-14(18(21)22)11(2)8-12/h4-5,8,13H,3,6-7,9-10H2,1-2H3.